The number of nitrogens with zero attached hydrogens (tertiary/aromatic N) is 6. The summed E-state index contributed by atoms with van der Waals surface area (Å²) in [6, 6.07) is 10.3. The Kier molecular flexibility index (Phi) is 5.30. The minimum Gasteiger partial charge on any atom is -0.467 e. The summed E-state index contributed by atoms with van der Waals surface area (Å²) < 4.78 is 9.29. The van der Waals surface area contributed by atoms with Gasteiger partial charge in [0, 0.05) is 22.3 Å². The molecule has 0 amide bonds. The second-order valence-corrected chi connectivity index (χ2v) is 9.51. The zero-order valence-electron chi connectivity index (χ0n) is 15.8. The van der Waals surface area contributed by atoms with Crippen molar-refractivity contribution >= 4 is 51.3 Å². The molecule has 5 aromatic rings. The number of rotatable bonds is 5. The molecule has 0 N–H and O–H groups in total. The van der Waals surface area contributed by atoms with Crippen molar-refractivity contribution in [2.45, 2.75) is 23.0 Å². The Bertz CT molecular complexity index is 1460. The molecule has 0 aliphatic heterocycles. The van der Waals surface area contributed by atoms with Gasteiger partial charge in [-0.3, -0.25) is 9.36 Å². The average molecular weight is 491 g/mol. The van der Waals surface area contributed by atoms with E-state index in [2.05, 4.69) is 20.3 Å². The summed E-state index contributed by atoms with van der Waals surface area (Å²) >= 11 is 15.1. The van der Waals surface area contributed by atoms with Gasteiger partial charge in [0.05, 0.1) is 17.8 Å². The van der Waals surface area contributed by atoms with Crippen molar-refractivity contribution < 1.29 is 4.42 Å². The van der Waals surface area contributed by atoms with E-state index in [-0.39, 0.29) is 5.56 Å². The number of hydrogen-bond acceptors (Lipinski definition) is 8. The lowest BCUT2D eigenvalue weighted by Crippen LogP contribution is -2.14. The Morgan fingerprint density at radius 1 is 1.19 bits per heavy atom. The summed E-state index contributed by atoms with van der Waals surface area (Å²) in [6.07, 6.45) is 1.61. The highest BCUT2D eigenvalue weighted by molar-refractivity contribution is 8.01. The maximum Gasteiger partial charge on any atom is 0.275 e. The SMILES string of the molecule is Cc1cc(=O)n2nc(Sc3nnc(-c4ccc(Cl)cc4Cl)n3Cc3ccco3)sc2n1. The monoisotopic (exact) mass is 490 g/mol. The van der Waals surface area contributed by atoms with E-state index in [0.717, 1.165) is 5.76 Å². The van der Waals surface area contributed by atoms with Crippen LogP contribution in [0.1, 0.15) is 11.5 Å². The Balaban J connectivity index is 1.59. The first kappa shape index (κ1) is 20.3. The van der Waals surface area contributed by atoms with Crippen molar-refractivity contribution in [2.75, 3.05) is 0 Å². The minimum absolute atomic E-state index is 0.226. The molecule has 1 aromatic carbocycles. The summed E-state index contributed by atoms with van der Waals surface area (Å²) in [5, 5.41) is 14.6. The fraction of sp³-hybridized carbons (Fsp3) is 0.105. The van der Waals surface area contributed by atoms with Crippen LogP contribution in [0.25, 0.3) is 16.3 Å². The second-order valence-electron chi connectivity index (χ2n) is 6.50. The van der Waals surface area contributed by atoms with Crippen molar-refractivity contribution in [3.8, 4) is 11.4 Å². The number of halogens is 2. The van der Waals surface area contributed by atoms with Crippen LogP contribution in [0.5, 0.6) is 0 Å². The summed E-state index contributed by atoms with van der Waals surface area (Å²) in [5.74, 6) is 1.29. The van der Waals surface area contributed by atoms with Crippen LogP contribution in [-0.4, -0.2) is 29.4 Å². The van der Waals surface area contributed by atoms with E-state index in [0.29, 0.717) is 48.1 Å². The molecule has 0 radical (unpaired) electrons. The van der Waals surface area contributed by atoms with Crippen LogP contribution in [0.2, 0.25) is 10.0 Å². The summed E-state index contributed by atoms with van der Waals surface area (Å²) in [5.41, 5.74) is 1.11. The van der Waals surface area contributed by atoms with Crippen LogP contribution in [0.3, 0.4) is 0 Å². The van der Waals surface area contributed by atoms with Gasteiger partial charge in [0.2, 0.25) is 4.96 Å². The molecule has 0 spiro atoms. The molecule has 0 atom stereocenters. The van der Waals surface area contributed by atoms with Crippen LogP contribution in [0.4, 0.5) is 0 Å². The molecule has 0 saturated carbocycles. The Hall–Kier alpha value is -2.66. The molecule has 0 fully saturated rings. The molecule has 0 bridgehead atoms. The fourth-order valence-corrected chi connectivity index (χ4v) is 5.37. The van der Waals surface area contributed by atoms with Crippen molar-refractivity contribution in [2.24, 2.45) is 0 Å². The molecular weight excluding hydrogens is 479 g/mol. The highest BCUT2D eigenvalue weighted by Crippen LogP contribution is 2.35. The van der Waals surface area contributed by atoms with Crippen molar-refractivity contribution in [1.82, 2.24) is 29.4 Å². The highest BCUT2D eigenvalue weighted by Gasteiger charge is 2.20. The quantitative estimate of drug-likeness (QED) is 0.348. The number of aryl methyl sites for hydroxylation is 1. The first-order valence-corrected chi connectivity index (χ1v) is 11.3. The largest absolute Gasteiger partial charge is 0.467 e. The molecule has 8 nitrogen and oxygen atoms in total. The molecule has 12 heteroatoms. The average Bonchev–Trinajstić information content (AvgIpc) is 3.44. The van der Waals surface area contributed by atoms with Gasteiger partial charge in [0.15, 0.2) is 15.3 Å². The number of aromatic nitrogens is 6. The van der Waals surface area contributed by atoms with Crippen molar-refractivity contribution in [3.63, 3.8) is 0 Å². The predicted molar refractivity (Wildman–Crippen MR) is 119 cm³/mol. The smallest absolute Gasteiger partial charge is 0.275 e. The van der Waals surface area contributed by atoms with Gasteiger partial charge >= 0.3 is 0 Å². The highest BCUT2D eigenvalue weighted by atomic mass is 35.5. The van der Waals surface area contributed by atoms with Gasteiger partial charge in [-0.05, 0) is 49.0 Å². The molecule has 0 aliphatic rings. The van der Waals surface area contributed by atoms with Gasteiger partial charge < -0.3 is 4.42 Å². The van der Waals surface area contributed by atoms with Crippen LogP contribution in [0, 0.1) is 6.92 Å². The molecular formula is C19H12Cl2N6O2S2. The third-order valence-corrected chi connectivity index (χ3v) is 6.81. The number of benzene rings is 1. The first-order chi connectivity index (χ1) is 15.0. The standard InChI is InChI=1S/C19H12Cl2N6O2S2/c1-10-7-15(28)27-17(22-10)30-19(25-27)31-18-24-23-16(13-5-4-11(20)8-14(13)21)26(18)9-12-3-2-6-29-12/h2-8H,9H2,1H3. The van der Waals surface area contributed by atoms with Gasteiger partial charge in [-0.15, -0.1) is 15.3 Å². The summed E-state index contributed by atoms with van der Waals surface area (Å²) in [7, 11) is 0. The Labute approximate surface area is 193 Å². The van der Waals surface area contributed by atoms with Gasteiger partial charge in [0.1, 0.15) is 5.76 Å². The maximum absolute atomic E-state index is 12.2. The third kappa shape index (κ3) is 3.99. The van der Waals surface area contributed by atoms with E-state index < -0.39 is 0 Å². The van der Waals surface area contributed by atoms with Gasteiger partial charge in [-0.2, -0.15) is 4.52 Å². The molecule has 4 heterocycles. The van der Waals surface area contributed by atoms with E-state index in [1.165, 1.54) is 33.7 Å². The topological polar surface area (TPSA) is 91.1 Å². The molecule has 156 valence electrons. The van der Waals surface area contributed by atoms with Crippen LogP contribution >= 0.6 is 46.3 Å². The Morgan fingerprint density at radius 2 is 2.06 bits per heavy atom. The molecule has 0 unspecified atom stereocenters. The molecule has 4 aromatic heterocycles. The predicted octanol–water partition coefficient (Wildman–Crippen LogP) is 4.82. The van der Waals surface area contributed by atoms with Gasteiger partial charge in [-0.25, -0.2) is 4.98 Å². The fourth-order valence-electron chi connectivity index (χ4n) is 2.96. The van der Waals surface area contributed by atoms with Crippen LogP contribution in [-0.2, 0) is 6.54 Å². The third-order valence-electron chi connectivity index (χ3n) is 4.32. The van der Waals surface area contributed by atoms with Gasteiger partial charge in [-0.1, -0.05) is 34.5 Å². The summed E-state index contributed by atoms with van der Waals surface area (Å²) in [6.45, 7) is 2.16. The van der Waals surface area contributed by atoms with Crippen molar-refractivity contribution in [3.05, 3.63) is 74.5 Å². The Morgan fingerprint density at radius 3 is 2.84 bits per heavy atom. The minimum atomic E-state index is -0.226. The lowest BCUT2D eigenvalue weighted by molar-refractivity contribution is 0.485. The van der Waals surface area contributed by atoms with E-state index in [1.807, 2.05) is 16.7 Å². The van der Waals surface area contributed by atoms with Crippen LogP contribution < -0.4 is 5.56 Å². The normalized spacial score (nSPS) is 11.5. The molecule has 0 saturated heterocycles. The molecule has 0 aliphatic carbocycles. The number of fused-ring (bicyclic) bond motifs is 1. The van der Waals surface area contributed by atoms with Gasteiger partial charge in [0.25, 0.3) is 5.56 Å². The van der Waals surface area contributed by atoms with E-state index in [4.69, 9.17) is 27.6 Å². The first-order valence-electron chi connectivity index (χ1n) is 8.94. The molecule has 5 rings (SSSR count). The number of furan rings is 1. The maximum atomic E-state index is 12.2. The van der Waals surface area contributed by atoms with Crippen LogP contribution in [0.15, 0.2) is 61.4 Å². The van der Waals surface area contributed by atoms with E-state index in [1.54, 1.807) is 31.4 Å². The second kappa shape index (κ2) is 8.12. The zero-order chi connectivity index (χ0) is 21.5. The van der Waals surface area contributed by atoms with E-state index in [9.17, 15) is 4.79 Å². The molecule has 31 heavy (non-hydrogen) atoms. The lowest BCUT2D eigenvalue weighted by atomic mass is 10.2. The van der Waals surface area contributed by atoms with E-state index >= 15 is 0 Å². The lowest BCUT2D eigenvalue weighted by Gasteiger charge is -2.09. The number of hydrogen-bond donors (Lipinski definition) is 0. The van der Waals surface area contributed by atoms with Crippen molar-refractivity contribution in [1.29, 1.82) is 0 Å². The zero-order valence-corrected chi connectivity index (χ0v) is 19.0. The summed E-state index contributed by atoms with van der Waals surface area (Å²) in [4.78, 5) is 17.1.